The fraction of sp³-hybridized carbons (Fsp3) is 0.333. The van der Waals surface area contributed by atoms with Crippen molar-refractivity contribution in [3.05, 3.63) is 102 Å². The fourth-order valence-corrected chi connectivity index (χ4v) is 6.21. The topological polar surface area (TPSA) is 9.72 Å². The Morgan fingerprint density at radius 1 is 0.556 bits per heavy atom. The minimum Gasteiger partial charge on any atom is -0.377 e. The van der Waals surface area contributed by atoms with Crippen LogP contribution in [0.1, 0.15) is 48.3 Å². The normalized spacial score (nSPS) is 15.9. The molecule has 0 N–H and O–H groups in total. The standard InChI is InChI=1S/C33H37N3/c1-34(2)32-20-19-31(29-9-3-4-10-30(29)32)33(25-11-15-27(16-12-25)35-21-5-6-22-35)26-13-17-28(18-14-26)36-23-7-8-24-36/h3-4,9-20,33H,5-8,21-24H2,1-2H3. The molecule has 0 saturated carbocycles. The van der Waals surface area contributed by atoms with Crippen molar-refractivity contribution < 1.29 is 0 Å². The summed E-state index contributed by atoms with van der Waals surface area (Å²) in [5, 5.41) is 2.65. The Labute approximate surface area is 216 Å². The number of rotatable bonds is 6. The third kappa shape index (κ3) is 4.32. The van der Waals surface area contributed by atoms with Crippen LogP contribution in [0.2, 0.25) is 0 Å². The van der Waals surface area contributed by atoms with Gasteiger partial charge in [-0.3, -0.25) is 0 Å². The van der Waals surface area contributed by atoms with Gasteiger partial charge in [-0.25, -0.2) is 0 Å². The van der Waals surface area contributed by atoms with E-state index in [-0.39, 0.29) is 5.92 Å². The Morgan fingerprint density at radius 3 is 1.50 bits per heavy atom. The minimum atomic E-state index is 0.186. The van der Waals surface area contributed by atoms with Gasteiger partial charge in [-0.2, -0.15) is 0 Å². The maximum Gasteiger partial charge on any atom is 0.0440 e. The van der Waals surface area contributed by atoms with Crippen LogP contribution < -0.4 is 14.7 Å². The third-order valence-corrected chi connectivity index (χ3v) is 8.12. The van der Waals surface area contributed by atoms with Crippen LogP contribution in [0, 0.1) is 0 Å². The lowest BCUT2D eigenvalue weighted by Crippen LogP contribution is -2.18. The van der Waals surface area contributed by atoms with E-state index < -0.39 is 0 Å². The number of fused-ring (bicyclic) bond motifs is 1. The molecule has 36 heavy (non-hydrogen) atoms. The van der Waals surface area contributed by atoms with Crippen LogP contribution in [0.25, 0.3) is 10.8 Å². The molecule has 184 valence electrons. The number of nitrogens with zero attached hydrogens (tertiary/aromatic N) is 3. The summed E-state index contributed by atoms with van der Waals surface area (Å²) >= 11 is 0. The summed E-state index contributed by atoms with van der Waals surface area (Å²) in [6, 6.07) is 32.3. The first-order valence-corrected chi connectivity index (χ1v) is 13.6. The Bertz CT molecular complexity index is 1250. The van der Waals surface area contributed by atoms with Gasteiger partial charge in [0.15, 0.2) is 0 Å². The fourth-order valence-electron chi connectivity index (χ4n) is 6.21. The Kier molecular flexibility index (Phi) is 6.31. The van der Waals surface area contributed by atoms with Crippen molar-refractivity contribution in [2.45, 2.75) is 31.6 Å². The van der Waals surface area contributed by atoms with E-state index in [0.717, 1.165) is 0 Å². The highest BCUT2D eigenvalue weighted by Gasteiger charge is 2.22. The molecule has 0 atom stereocenters. The van der Waals surface area contributed by atoms with Crippen LogP contribution in [-0.2, 0) is 0 Å². The highest BCUT2D eigenvalue weighted by molar-refractivity contribution is 5.97. The second-order valence-electron chi connectivity index (χ2n) is 10.6. The molecule has 0 amide bonds. The maximum absolute atomic E-state index is 2.52. The van der Waals surface area contributed by atoms with Gasteiger partial charge in [-0.05, 0) is 78.1 Å². The lowest BCUT2D eigenvalue weighted by molar-refractivity contribution is 0.949. The van der Waals surface area contributed by atoms with E-state index in [0.29, 0.717) is 0 Å². The van der Waals surface area contributed by atoms with Gasteiger partial charge in [0.25, 0.3) is 0 Å². The van der Waals surface area contributed by atoms with Gasteiger partial charge in [0.05, 0.1) is 0 Å². The van der Waals surface area contributed by atoms with Gasteiger partial charge in [0.1, 0.15) is 0 Å². The van der Waals surface area contributed by atoms with Crippen LogP contribution in [0.4, 0.5) is 17.1 Å². The van der Waals surface area contributed by atoms with Gasteiger partial charge in [0, 0.05) is 68.6 Å². The first-order valence-electron chi connectivity index (χ1n) is 13.6. The Hall–Kier alpha value is -3.46. The molecular weight excluding hydrogens is 438 g/mol. The van der Waals surface area contributed by atoms with Crippen LogP contribution in [0.5, 0.6) is 0 Å². The number of benzene rings is 4. The summed E-state index contributed by atoms with van der Waals surface area (Å²) in [6.45, 7) is 4.71. The molecule has 2 fully saturated rings. The maximum atomic E-state index is 2.52. The summed E-state index contributed by atoms with van der Waals surface area (Å²) < 4.78 is 0. The average Bonchev–Trinajstić information content (AvgIpc) is 3.65. The Morgan fingerprint density at radius 2 is 1.03 bits per heavy atom. The zero-order chi connectivity index (χ0) is 24.5. The molecule has 0 radical (unpaired) electrons. The van der Waals surface area contributed by atoms with Crippen molar-refractivity contribution in [1.29, 1.82) is 0 Å². The van der Waals surface area contributed by atoms with Crippen LogP contribution in [0.15, 0.2) is 84.9 Å². The average molecular weight is 476 g/mol. The molecule has 6 rings (SSSR count). The molecule has 3 nitrogen and oxygen atoms in total. The number of anilines is 3. The lowest BCUT2D eigenvalue weighted by atomic mass is 9.82. The van der Waals surface area contributed by atoms with Crippen molar-refractivity contribution in [2.75, 3.05) is 55.0 Å². The second kappa shape index (κ2) is 9.89. The van der Waals surface area contributed by atoms with Gasteiger partial charge in [-0.1, -0.05) is 54.6 Å². The van der Waals surface area contributed by atoms with Crippen molar-refractivity contribution in [3.8, 4) is 0 Å². The summed E-state index contributed by atoms with van der Waals surface area (Å²) in [4.78, 5) is 7.26. The first-order chi connectivity index (χ1) is 17.7. The minimum absolute atomic E-state index is 0.186. The van der Waals surface area contributed by atoms with E-state index >= 15 is 0 Å². The first kappa shape index (κ1) is 23.0. The van der Waals surface area contributed by atoms with E-state index in [2.05, 4.69) is 114 Å². The predicted octanol–water partition coefficient (Wildman–Crippen LogP) is 7.29. The summed E-state index contributed by atoms with van der Waals surface area (Å²) in [5.41, 5.74) is 8.06. The molecule has 2 aliphatic heterocycles. The third-order valence-electron chi connectivity index (χ3n) is 8.12. The Balaban J connectivity index is 1.46. The van der Waals surface area contributed by atoms with Gasteiger partial charge in [-0.15, -0.1) is 0 Å². The molecule has 3 heteroatoms. The quantitative estimate of drug-likeness (QED) is 0.271. The zero-order valence-electron chi connectivity index (χ0n) is 21.7. The van der Waals surface area contributed by atoms with Gasteiger partial charge < -0.3 is 14.7 Å². The smallest absolute Gasteiger partial charge is 0.0440 e. The van der Waals surface area contributed by atoms with Crippen molar-refractivity contribution in [2.24, 2.45) is 0 Å². The summed E-state index contributed by atoms with van der Waals surface area (Å²) in [7, 11) is 4.26. The SMILES string of the molecule is CN(C)c1ccc(C(c2ccc(N3CCCC3)cc2)c2ccc(N3CCCC3)cc2)c2ccccc12. The second-order valence-corrected chi connectivity index (χ2v) is 10.6. The van der Waals surface area contributed by atoms with E-state index in [1.165, 1.54) is 96.4 Å². The van der Waals surface area contributed by atoms with Crippen molar-refractivity contribution in [3.63, 3.8) is 0 Å². The molecule has 0 aromatic heterocycles. The van der Waals surface area contributed by atoms with Gasteiger partial charge in [0.2, 0.25) is 0 Å². The molecule has 2 aliphatic rings. The van der Waals surface area contributed by atoms with Gasteiger partial charge >= 0.3 is 0 Å². The molecule has 0 aliphatic carbocycles. The number of hydrogen-bond acceptors (Lipinski definition) is 3. The lowest BCUT2D eigenvalue weighted by Gasteiger charge is -2.25. The molecule has 4 aromatic carbocycles. The molecule has 2 heterocycles. The summed E-state index contributed by atoms with van der Waals surface area (Å²) in [6.07, 6.45) is 5.21. The highest BCUT2D eigenvalue weighted by Crippen LogP contribution is 2.40. The molecular formula is C33H37N3. The molecule has 0 spiro atoms. The number of hydrogen-bond donors (Lipinski definition) is 0. The molecule has 2 saturated heterocycles. The van der Waals surface area contributed by atoms with Crippen molar-refractivity contribution >= 4 is 27.8 Å². The largest absolute Gasteiger partial charge is 0.377 e. The van der Waals surface area contributed by atoms with Crippen LogP contribution >= 0.6 is 0 Å². The summed E-state index contributed by atoms with van der Waals surface area (Å²) in [5.74, 6) is 0.186. The predicted molar refractivity (Wildman–Crippen MR) is 155 cm³/mol. The van der Waals surface area contributed by atoms with Crippen molar-refractivity contribution in [1.82, 2.24) is 0 Å². The molecule has 0 bridgehead atoms. The van der Waals surface area contributed by atoms with Crippen LogP contribution in [-0.4, -0.2) is 40.3 Å². The van der Waals surface area contributed by atoms with E-state index in [1.807, 2.05) is 0 Å². The van der Waals surface area contributed by atoms with E-state index in [9.17, 15) is 0 Å². The van der Waals surface area contributed by atoms with E-state index in [4.69, 9.17) is 0 Å². The highest BCUT2D eigenvalue weighted by atomic mass is 15.1. The van der Waals surface area contributed by atoms with Crippen LogP contribution in [0.3, 0.4) is 0 Å². The molecule has 0 unspecified atom stereocenters. The van der Waals surface area contributed by atoms with E-state index in [1.54, 1.807) is 0 Å². The monoisotopic (exact) mass is 475 g/mol. The zero-order valence-corrected chi connectivity index (χ0v) is 21.7. The molecule has 4 aromatic rings.